The van der Waals surface area contributed by atoms with Crippen LogP contribution in [0.4, 0.5) is 10.6 Å². The number of imidazole rings is 1. The average molecular weight is 328 g/mol. The Hall–Kier alpha value is -2.31. The van der Waals surface area contributed by atoms with Crippen molar-refractivity contribution in [1.29, 1.82) is 0 Å². The first-order valence-electron chi connectivity index (χ1n) is 8.87. The third-order valence-corrected chi connectivity index (χ3v) is 5.10. The van der Waals surface area contributed by atoms with Gasteiger partial charge in [-0.15, -0.1) is 5.10 Å². The molecule has 0 radical (unpaired) electrons. The van der Waals surface area contributed by atoms with Crippen LogP contribution in [0.5, 0.6) is 0 Å². The fourth-order valence-corrected chi connectivity index (χ4v) is 3.72. The largest absolute Gasteiger partial charge is 0.364 e. The van der Waals surface area contributed by atoms with Gasteiger partial charge in [-0.3, -0.25) is 0 Å². The van der Waals surface area contributed by atoms with E-state index in [1.54, 1.807) is 10.7 Å². The Bertz CT molecular complexity index is 708. The van der Waals surface area contributed by atoms with Gasteiger partial charge in [0.05, 0.1) is 0 Å². The first kappa shape index (κ1) is 15.2. The summed E-state index contributed by atoms with van der Waals surface area (Å²) in [5.74, 6) is 1.50. The second-order valence-electron chi connectivity index (χ2n) is 6.86. The molecule has 1 aliphatic carbocycles. The number of nitrogens with one attached hydrogen (secondary N) is 2. The Kier molecular flexibility index (Phi) is 4.23. The van der Waals surface area contributed by atoms with E-state index < -0.39 is 0 Å². The molecule has 24 heavy (non-hydrogen) atoms. The molecular weight excluding hydrogens is 304 g/mol. The summed E-state index contributed by atoms with van der Waals surface area (Å²) in [5, 5.41) is 11.0. The van der Waals surface area contributed by atoms with Gasteiger partial charge in [0.15, 0.2) is 5.65 Å². The molecule has 128 valence electrons. The Morgan fingerprint density at radius 2 is 2.12 bits per heavy atom. The molecular formula is C17H24N6O. The van der Waals surface area contributed by atoms with Gasteiger partial charge in [0, 0.05) is 38.1 Å². The highest BCUT2D eigenvalue weighted by molar-refractivity contribution is 5.74. The zero-order chi connectivity index (χ0) is 16.4. The lowest BCUT2D eigenvalue weighted by Gasteiger charge is -2.19. The van der Waals surface area contributed by atoms with E-state index in [0.29, 0.717) is 5.92 Å². The van der Waals surface area contributed by atoms with Crippen LogP contribution in [0.15, 0.2) is 24.5 Å². The maximum atomic E-state index is 12.3. The fraction of sp³-hybridized carbons (Fsp3) is 0.588. The van der Waals surface area contributed by atoms with Crippen molar-refractivity contribution in [2.75, 3.05) is 25.0 Å². The van der Waals surface area contributed by atoms with Crippen LogP contribution in [0.2, 0.25) is 0 Å². The number of rotatable bonds is 4. The van der Waals surface area contributed by atoms with Crippen molar-refractivity contribution in [3.63, 3.8) is 0 Å². The van der Waals surface area contributed by atoms with Gasteiger partial charge in [0.2, 0.25) is 0 Å². The molecule has 1 atom stereocenters. The van der Waals surface area contributed by atoms with Crippen LogP contribution in [0.3, 0.4) is 0 Å². The second kappa shape index (κ2) is 6.67. The van der Waals surface area contributed by atoms with Gasteiger partial charge in [0.1, 0.15) is 5.82 Å². The Morgan fingerprint density at radius 1 is 1.25 bits per heavy atom. The van der Waals surface area contributed by atoms with Crippen LogP contribution in [-0.2, 0) is 0 Å². The number of anilines is 1. The van der Waals surface area contributed by atoms with E-state index in [-0.39, 0.29) is 12.1 Å². The van der Waals surface area contributed by atoms with Crippen molar-refractivity contribution in [3.8, 4) is 0 Å². The number of fused-ring (bicyclic) bond motifs is 1. The molecule has 1 saturated carbocycles. The lowest BCUT2D eigenvalue weighted by Crippen LogP contribution is -2.41. The molecule has 1 unspecified atom stereocenters. The second-order valence-corrected chi connectivity index (χ2v) is 6.86. The third kappa shape index (κ3) is 3.29. The van der Waals surface area contributed by atoms with Crippen LogP contribution in [0, 0.1) is 5.92 Å². The molecule has 1 saturated heterocycles. The summed E-state index contributed by atoms with van der Waals surface area (Å²) in [6.07, 6.45) is 9.64. The van der Waals surface area contributed by atoms with Crippen LogP contribution >= 0.6 is 0 Å². The van der Waals surface area contributed by atoms with Crippen LogP contribution in [-0.4, -0.2) is 51.2 Å². The summed E-state index contributed by atoms with van der Waals surface area (Å²) < 4.78 is 1.75. The number of urea groups is 1. The van der Waals surface area contributed by atoms with Crippen molar-refractivity contribution < 1.29 is 4.79 Å². The number of nitrogens with zero attached hydrogens (tertiary/aromatic N) is 4. The van der Waals surface area contributed by atoms with Crippen LogP contribution in [0.1, 0.15) is 32.1 Å². The van der Waals surface area contributed by atoms with E-state index in [0.717, 1.165) is 37.5 Å². The first-order chi connectivity index (χ1) is 11.8. The van der Waals surface area contributed by atoms with Gasteiger partial charge in [-0.2, -0.15) is 0 Å². The molecule has 0 aromatic carbocycles. The topological polar surface area (TPSA) is 74.6 Å². The molecule has 2 fully saturated rings. The third-order valence-electron chi connectivity index (χ3n) is 5.10. The van der Waals surface area contributed by atoms with E-state index in [1.807, 2.05) is 23.2 Å². The summed E-state index contributed by atoms with van der Waals surface area (Å²) in [6, 6.07) is 4.20. The minimum Gasteiger partial charge on any atom is -0.364 e. The minimum atomic E-state index is 0.0734. The average Bonchev–Trinajstić information content (AvgIpc) is 3.33. The highest BCUT2D eigenvalue weighted by atomic mass is 16.2. The monoisotopic (exact) mass is 328 g/mol. The molecule has 2 amide bonds. The quantitative estimate of drug-likeness (QED) is 0.901. The Morgan fingerprint density at radius 3 is 3.00 bits per heavy atom. The summed E-state index contributed by atoms with van der Waals surface area (Å²) >= 11 is 0. The van der Waals surface area contributed by atoms with E-state index in [4.69, 9.17) is 0 Å². The maximum absolute atomic E-state index is 12.3. The van der Waals surface area contributed by atoms with E-state index in [2.05, 4.69) is 20.7 Å². The van der Waals surface area contributed by atoms with Crippen LogP contribution < -0.4 is 10.6 Å². The summed E-state index contributed by atoms with van der Waals surface area (Å²) in [4.78, 5) is 18.4. The van der Waals surface area contributed by atoms with Crippen molar-refractivity contribution in [3.05, 3.63) is 24.5 Å². The Balaban J connectivity index is 1.28. The summed E-state index contributed by atoms with van der Waals surface area (Å²) in [7, 11) is 0. The molecule has 3 heterocycles. The highest BCUT2D eigenvalue weighted by Crippen LogP contribution is 2.24. The molecule has 2 aromatic heterocycles. The number of hydrogen-bond acceptors (Lipinski definition) is 4. The normalized spacial score (nSPS) is 21.5. The standard InChI is InChI=1S/C17H24N6O/c24-17(19-11-13-3-1-2-4-13)22-9-7-14(12-22)20-15-5-6-16-18-8-10-23(16)21-15/h5-6,8,10,13-14H,1-4,7,9,11-12H2,(H,19,24)(H,20,21). The van der Waals surface area contributed by atoms with E-state index in [9.17, 15) is 4.79 Å². The van der Waals surface area contributed by atoms with Crippen molar-refractivity contribution >= 4 is 17.5 Å². The van der Waals surface area contributed by atoms with Gasteiger partial charge in [0.25, 0.3) is 0 Å². The molecule has 7 nitrogen and oxygen atoms in total. The number of carbonyl (C=O) groups excluding carboxylic acids is 1. The molecule has 0 spiro atoms. The van der Waals surface area contributed by atoms with Crippen molar-refractivity contribution in [1.82, 2.24) is 24.8 Å². The SMILES string of the molecule is O=C(NCC1CCCC1)N1CCC(Nc2ccc3nccn3n2)C1. The van der Waals surface area contributed by atoms with Gasteiger partial charge < -0.3 is 15.5 Å². The van der Waals surface area contributed by atoms with Gasteiger partial charge in [-0.1, -0.05) is 12.8 Å². The lowest BCUT2D eigenvalue weighted by molar-refractivity contribution is 0.206. The van der Waals surface area contributed by atoms with Gasteiger partial charge in [-0.25, -0.2) is 14.3 Å². The molecule has 2 aromatic rings. The fourth-order valence-electron chi connectivity index (χ4n) is 3.72. The number of aromatic nitrogens is 3. The van der Waals surface area contributed by atoms with Gasteiger partial charge >= 0.3 is 6.03 Å². The maximum Gasteiger partial charge on any atom is 0.317 e. The molecule has 4 rings (SSSR count). The molecule has 7 heteroatoms. The van der Waals surface area contributed by atoms with Gasteiger partial charge in [-0.05, 0) is 37.3 Å². The molecule has 2 N–H and O–H groups in total. The van der Waals surface area contributed by atoms with Crippen molar-refractivity contribution in [2.24, 2.45) is 5.92 Å². The number of hydrogen-bond donors (Lipinski definition) is 2. The predicted octanol–water partition coefficient (Wildman–Crippen LogP) is 2.12. The zero-order valence-electron chi connectivity index (χ0n) is 13.8. The summed E-state index contributed by atoms with van der Waals surface area (Å²) in [6.45, 7) is 2.34. The zero-order valence-corrected chi connectivity index (χ0v) is 13.8. The highest BCUT2D eigenvalue weighted by Gasteiger charge is 2.27. The number of likely N-dealkylation sites (tertiary alicyclic amines) is 1. The summed E-state index contributed by atoms with van der Waals surface area (Å²) in [5.41, 5.74) is 0.833. The Labute approximate surface area is 141 Å². The smallest absolute Gasteiger partial charge is 0.317 e. The number of carbonyl (C=O) groups is 1. The molecule has 1 aliphatic heterocycles. The lowest BCUT2D eigenvalue weighted by atomic mass is 10.1. The van der Waals surface area contributed by atoms with Crippen molar-refractivity contribution in [2.45, 2.75) is 38.1 Å². The van der Waals surface area contributed by atoms with Crippen LogP contribution in [0.25, 0.3) is 5.65 Å². The molecule has 0 bridgehead atoms. The minimum absolute atomic E-state index is 0.0734. The first-order valence-corrected chi connectivity index (χ1v) is 8.87. The number of amides is 2. The van der Waals surface area contributed by atoms with E-state index >= 15 is 0 Å². The predicted molar refractivity (Wildman–Crippen MR) is 91.9 cm³/mol. The molecule has 2 aliphatic rings. The van der Waals surface area contributed by atoms with E-state index in [1.165, 1.54) is 25.7 Å².